The van der Waals surface area contributed by atoms with Crippen LogP contribution in [-0.4, -0.2) is 19.6 Å². The molecule has 1 aliphatic rings. The van der Waals surface area contributed by atoms with Crippen molar-refractivity contribution in [3.63, 3.8) is 0 Å². The van der Waals surface area contributed by atoms with E-state index in [9.17, 15) is 4.79 Å². The molecule has 0 spiro atoms. The standard InChI is InChI=1S/C20H22ClNO2/c1-24-18-10-6-16(7-11-18)20(12-2-3-13-20)14-22-19(23)15-4-8-17(21)9-5-15/h4-11H,2-3,12-14H2,1H3,(H,22,23). The Morgan fingerprint density at radius 1 is 1.08 bits per heavy atom. The summed E-state index contributed by atoms with van der Waals surface area (Å²) in [7, 11) is 1.67. The summed E-state index contributed by atoms with van der Waals surface area (Å²) in [5, 5.41) is 3.75. The van der Waals surface area contributed by atoms with Crippen molar-refractivity contribution in [3.8, 4) is 5.75 Å². The molecule has 126 valence electrons. The van der Waals surface area contributed by atoms with E-state index in [-0.39, 0.29) is 11.3 Å². The van der Waals surface area contributed by atoms with E-state index in [0.29, 0.717) is 17.1 Å². The first-order valence-electron chi connectivity index (χ1n) is 8.31. The fourth-order valence-electron chi connectivity index (χ4n) is 3.52. The van der Waals surface area contributed by atoms with Crippen LogP contribution in [0.2, 0.25) is 5.02 Å². The van der Waals surface area contributed by atoms with E-state index >= 15 is 0 Å². The third-order valence-electron chi connectivity index (χ3n) is 4.96. The van der Waals surface area contributed by atoms with Crippen molar-refractivity contribution in [1.29, 1.82) is 0 Å². The van der Waals surface area contributed by atoms with Crippen LogP contribution < -0.4 is 10.1 Å². The highest BCUT2D eigenvalue weighted by Gasteiger charge is 2.35. The second-order valence-corrected chi connectivity index (χ2v) is 6.84. The minimum Gasteiger partial charge on any atom is -0.497 e. The van der Waals surface area contributed by atoms with E-state index < -0.39 is 0 Å². The van der Waals surface area contributed by atoms with Crippen LogP contribution in [0, 0.1) is 0 Å². The van der Waals surface area contributed by atoms with Gasteiger partial charge in [0.1, 0.15) is 5.75 Å². The second kappa shape index (κ2) is 7.27. The van der Waals surface area contributed by atoms with E-state index in [2.05, 4.69) is 17.4 Å². The lowest BCUT2D eigenvalue weighted by Gasteiger charge is -2.30. The summed E-state index contributed by atoms with van der Waals surface area (Å²) in [6.45, 7) is 0.654. The number of nitrogens with one attached hydrogen (secondary N) is 1. The summed E-state index contributed by atoms with van der Waals surface area (Å²) in [6, 6.07) is 15.2. The van der Waals surface area contributed by atoms with Gasteiger partial charge in [0.25, 0.3) is 5.91 Å². The number of ether oxygens (including phenoxy) is 1. The number of hydrogen-bond acceptors (Lipinski definition) is 2. The van der Waals surface area contributed by atoms with Crippen LogP contribution in [-0.2, 0) is 5.41 Å². The van der Waals surface area contributed by atoms with E-state index in [0.717, 1.165) is 18.6 Å². The number of rotatable bonds is 5. The van der Waals surface area contributed by atoms with Crippen LogP contribution >= 0.6 is 11.6 Å². The Balaban J connectivity index is 1.73. The minimum absolute atomic E-state index is 0.0222. The molecule has 1 amide bonds. The van der Waals surface area contributed by atoms with Crippen molar-refractivity contribution in [2.45, 2.75) is 31.1 Å². The first-order valence-corrected chi connectivity index (χ1v) is 8.69. The number of hydrogen-bond donors (Lipinski definition) is 1. The molecule has 0 atom stereocenters. The van der Waals surface area contributed by atoms with Gasteiger partial charge in [-0.25, -0.2) is 0 Å². The van der Waals surface area contributed by atoms with Crippen molar-refractivity contribution in [1.82, 2.24) is 5.32 Å². The summed E-state index contributed by atoms with van der Waals surface area (Å²) < 4.78 is 5.25. The smallest absolute Gasteiger partial charge is 0.251 e. The van der Waals surface area contributed by atoms with Gasteiger partial charge < -0.3 is 10.1 Å². The number of benzene rings is 2. The number of carbonyl (C=O) groups excluding carboxylic acids is 1. The molecular formula is C20H22ClNO2. The lowest BCUT2D eigenvalue weighted by Crippen LogP contribution is -2.39. The molecule has 0 aromatic heterocycles. The average Bonchev–Trinajstić information content (AvgIpc) is 3.10. The molecule has 0 radical (unpaired) electrons. The largest absolute Gasteiger partial charge is 0.497 e. The van der Waals surface area contributed by atoms with Crippen molar-refractivity contribution in [3.05, 3.63) is 64.7 Å². The van der Waals surface area contributed by atoms with Gasteiger partial charge in [-0.05, 0) is 54.8 Å². The Morgan fingerprint density at radius 2 is 1.71 bits per heavy atom. The van der Waals surface area contributed by atoms with Crippen LogP contribution in [0.3, 0.4) is 0 Å². The fourth-order valence-corrected chi connectivity index (χ4v) is 3.64. The van der Waals surface area contributed by atoms with Gasteiger partial charge in [-0.15, -0.1) is 0 Å². The maximum atomic E-state index is 12.4. The summed E-state index contributed by atoms with van der Waals surface area (Å²) in [4.78, 5) is 12.4. The number of methoxy groups -OCH3 is 1. The Bertz CT molecular complexity index is 689. The van der Waals surface area contributed by atoms with Crippen molar-refractivity contribution < 1.29 is 9.53 Å². The van der Waals surface area contributed by atoms with Crippen LogP contribution in [0.25, 0.3) is 0 Å². The highest BCUT2D eigenvalue weighted by Crippen LogP contribution is 2.41. The number of carbonyl (C=O) groups is 1. The molecule has 2 aromatic rings. The Morgan fingerprint density at radius 3 is 2.29 bits per heavy atom. The molecule has 3 nitrogen and oxygen atoms in total. The molecule has 1 saturated carbocycles. The normalized spacial score (nSPS) is 15.9. The predicted octanol–water partition coefficient (Wildman–Crippen LogP) is 4.59. The van der Waals surface area contributed by atoms with E-state index in [1.54, 1.807) is 31.4 Å². The van der Waals surface area contributed by atoms with E-state index in [1.165, 1.54) is 18.4 Å². The van der Waals surface area contributed by atoms with Gasteiger partial charge in [-0.2, -0.15) is 0 Å². The van der Waals surface area contributed by atoms with Gasteiger partial charge in [-0.1, -0.05) is 36.6 Å². The van der Waals surface area contributed by atoms with Gasteiger partial charge in [0.2, 0.25) is 0 Å². The number of amides is 1. The topological polar surface area (TPSA) is 38.3 Å². The van der Waals surface area contributed by atoms with Crippen LogP contribution in [0.4, 0.5) is 0 Å². The zero-order valence-electron chi connectivity index (χ0n) is 13.8. The molecule has 0 heterocycles. The Labute approximate surface area is 148 Å². The van der Waals surface area contributed by atoms with Gasteiger partial charge in [-0.3, -0.25) is 4.79 Å². The first-order chi connectivity index (χ1) is 11.6. The summed E-state index contributed by atoms with van der Waals surface area (Å²) in [5.41, 5.74) is 1.94. The maximum Gasteiger partial charge on any atom is 0.251 e. The third-order valence-corrected chi connectivity index (χ3v) is 5.21. The van der Waals surface area contributed by atoms with Crippen LogP contribution in [0.15, 0.2) is 48.5 Å². The molecule has 1 N–H and O–H groups in total. The lowest BCUT2D eigenvalue weighted by molar-refractivity contribution is 0.0943. The third kappa shape index (κ3) is 3.57. The molecule has 1 aliphatic carbocycles. The number of halogens is 1. The molecule has 0 aliphatic heterocycles. The summed E-state index contributed by atoms with van der Waals surface area (Å²) in [6.07, 6.45) is 4.59. The predicted molar refractivity (Wildman–Crippen MR) is 96.9 cm³/mol. The second-order valence-electron chi connectivity index (χ2n) is 6.41. The molecule has 24 heavy (non-hydrogen) atoms. The van der Waals surface area contributed by atoms with Crippen LogP contribution in [0.1, 0.15) is 41.6 Å². The fraction of sp³-hybridized carbons (Fsp3) is 0.350. The summed E-state index contributed by atoms with van der Waals surface area (Å²) >= 11 is 5.88. The van der Waals surface area contributed by atoms with Crippen molar-refractivity contribution in [2.24, 2.45) is 0 Å². The van der Waals surface area contributed by atoms with E-state index in [4.69, 9.17) is 16.3 Å². The zero-order valence-corrected chi connectivity index (χ0v) is 14.6. The highest BCUT2D eigenvalue weighted by molar-refractivity contribution is 6.30. The van der Waals surface area contributed by atoms with Gasteiger partial charge in [0.15, 0.2) is 0 Å². The van der Waals surface area contributed by atoms with Crippen LogP contribution in [0.5, 0.6) is 5.75 Å². The Hall–Kier alpha value is -2.00. The van der Waals surface area contributed by atoms with Crippen molar-refractivity contribution in [2.75, 3.05) is 13.7 Å². The lowest BCUT2D eigenvalue weighted by atomic mass is 9.78. The molecule has 0 unspecified atom stereocenters. The molecule has 3 rings (SSSR count). The van der Waals surface area contributed by atoms with Gasteiger partial charge in [0.05, 0.1) is 7.11 Å². The SMILES string of the molecule is COc1ccc(C2(CNC(=O)c3ccc(Cl)cc3)CCCC2)cc1. The molecule has 1 fully saturated rings. The monoisotopic (exact) mass is 343 g/mol. The van der Waals surface area contributed by atoms with Gasteiger partial charge >= 0.3 is 0 Å². The molecule has 2 aromatic carbocycles. The maximum absolute atomic E-state index is 12.4. The summed E-state index contributed by atoms with van der Waals surface area (Å²) in [5.74, 6) is 0.809. The Kier molecular flexibility index (Phi) is 5.10. The molecule has 0 bridgehead atoms. The molecular weight excluding hydrogens is 322 g/mol. The molecule has 0 saturated heterocycles. The zero-order chi connectivity index (χ0) is 17.0. The highest BCUT2D eigenvalue weighted by atomic mass is 35.5. The molecule has 4 heteroatoms. The van der Waals surface area contributed by atoms with Crippen molar-refractivity contribution >= 4 is 17.5 Å². The van der Waals surface area contributed by atoms with E-state index in [1.807, 2.05) is 12.1 Å². The minimum atomic E-state index is -0.0496. The van der Waals surface area contributed by atoms with Gasteiger partial charge in [0, 0.05) is 22.5 Å². The average molecular weight is 344 g/mol. The first kappa shape index (κ1) is 16.8. The quantitative estimate of drug-likeness (QED) is 0.862.